The zero-order valence-electron chi connectivity index (χ0n) is 16.5. The van der Waals surface area contributed by atoms with Crippen LogP contribution >= 0.6 is 11.8 Å². The second-order valence-electron chi connectivity index (χ2n) is 6.46. The van der Waals surface area contributed by atoms with Crippen LogP contribution in [0, 0.1) is 0 Å². The average molecular weight is 426 g/mol. The van der Waals surface area contributed by atoms with Gasteiger partial charge in [-0.25, -0.2) is 14.7 Å². The van der Waals surface area contributed by atoms with E-state index in [4.69, 9.17) is 0 Å². The molecule has 8 nitrogen and oxygen atoms in total. The lowest BCUT2D eigenvalue weighted by Crippen LogP contribution is -2.41. The van der Waals surface area contributed by atoms with E-state index in [1.165, 1.54) is 4.57 Å². The molecule has 3 rings (SSSR count). The number of carbonyl (C=O) groups excluding carboxylic acids is 2. The van der Waals surface area contributed by atoms with Crippen molar-refractivity contribution >= 4 is 23.7 Å². The molecule has 1 heterocycles. The molecule has 0 spiro atoms. The van der Waals surface area contributed by atoms with Gasteiger partial charge in [0.25, 0.3) is 0 Å². The molecule has 3 amide bonds. The third kappa shape index (κ3) is 5.60. The first-order chi connectivity index (χ1) is 14.6. The lowest BCUT2D eigenvalue weighted by molar-refractivity contribution is -0.119. The van der Waals surface area contributed by atoms with E-state index in [9.17, 15) is 14.4 Å². The van der Waals surface area contributed by atoms with Gasteiger partial charge in [-0.1, -0.05) is 72.4 Å². The molecule has 1 aromatic heterocycles. The molecule has 0 aliphatic heterocycles. The summed E-state index contributed by atoms with van der Waals surface area (Å²) in [7, 11) is 0. The molecule has 0 saturated heterocycles. The number of nitrogens with one attached hydrogen (secondary N) is 3. The number of H-pyrrole nitrogens is 1. The number of urea groups is 1. The number of thioether (sulfide) groups is 1. The van der Waals surface area contributed by atoms with Crippen LogP contribution in [0.3, 0.4) is 0 Å². The van der Waals surface area contributed by atoms with Crippen molar-refractivity contribution in [2.75, 3.05) is 6.54 Å². The molecule has 0 saturated carbocycles. The van der Waals surface area contributed by atoms with Gasteiger partial charge in [0.15, 0.2) is 5.16 Å². The fourth-order valence-electron chi connectivity index (χ4n) is 2.86. The first-order valence-electron chi connectivity index (χ1n) is 9.58. The topological polar surface area (TPSA) is 109 Å². The van der Waals surface area contributed by atoms with E-state index in [1.54, 1.807) is 19.1 Å². The van der Waals surface area contributed by atoms with Crippen molar-refractivity contribution in [3.63, 3.8) is 0 Å². The zero-order chi connectivity index (χ0) is 21.3. The maximum Gasteiger partial charge on any atom is 0.343 e. The average Bonchev–Trinajstić information content (AvgIpc) is 3.11. The number of nitrogens with zero attached hydrogens (tertiary/aromatic N) is 2. The number of aryl methyl sites for hydroxylation is 1. The highest BCUT2D eigenvalue weighted by molar-refractivity contribution is 8.00. The van der Waals surface area contributed by atoms with Gasteiger partial charge in [0.05, 0.1) is 0 Å². The molecule has 9 heteroatoms. The molecular formula is C21H23N5O3S. The lowest BCUT2D eigenvalue weighted by Gasteiger charge is -2.16. The van der Waals surface area contributed by atoms with E-state index >= 15 is 0 Å². The summed E-state index contributed by atoms with van der Waals surface area (Å²) in [4.78, 5) is 36.9. The van der Waals surface area contributed by atoms with Crippen LogP contribution < -0.4 is 16.3 Å². The summed E-state index contributed by atoms with van der Waals surface area (Å²) in [6.07, 6.45) is 0.648. The molecule has 2 aromatic carbocycles. The number of rotatable bonds is 8. The molecule has 156 valence electrons. The summed E-state index contributed by atoms with van der Waals surface area (Å²) in [5.41, 5.74) is 1.45. The quantitative estimate of drug-likeness (QED) is 0.481. The Morgan fingerprint density at radius 3 is 2.43 bits per heavy atom. The second kappa shape index (κ2) is 10.4. The molecule has 0 aliphatic carbocycles. The van der Waals surface area contributed by atoms with Gasteiger partial charge in [-0.2, -0.15) is 0 Å². The summed E-state index contributed by atoms with van der Waals surface area (Å²) in [6, 6.07) is 18.3. The molecule has 0 unspecified atom stereocenters. The van der Waals surface area contributed by atoms with Crippen molar-refractivity contribution in [2.45, 2.75) is 30.3 Å². The van der Waals surface area contributed by atoms with Crippen molar-refractivity contribution in [2.24, 2.45) is 0 Å². The Morgan fingerprint density at radius 1 is 1.10 bits per heavy atom. The maximum atomic E-state index is 12.8. The van der Waals surface area contributed by atoms with E-state index in [-0.39, 0.29) is 5.69 Å². The minimum Gasteiger partial charge on any atom is -0.338 e. The number of carbonyl (C=O) groups is 2. The molecule has 3 N–H and O–H groups in total. The van der Waals surface area contributed by atoms with Crippen molar-refractivity contribution in [1.29, 1.82) is 0 Å². The van der Waals surface area contributed by atoms with Crippen LogP contribution in [0.2, 0.25) is 0 Å². The largest absolute Gasteiger partial charge is 0.343 e. The maximum absolute atomic E-state index is 12.8. The monoisotopic (exact) mass is 425 g/mol. The molecule has 3 aromatic rings. The molecule has 1 atom stereocenters. The zero-order valence-corrected chi connectivity index (χ0v) is 17.3. The number of hydrogen-bond acceptors (Lipinski definition) is 5. The number of benzene rings is 2. The van der Waals surface area contributed by atoms with Gasteiger partial charge in [-0.15, -0.1) is 5.10 Å². The van der Waals surface area contributed by atoms with Crippen LogP contribution in [0.4, 0.5) is 4.79 Å². The van der Waals surface area contributed by atoms with Crippen LogP contribution in [0.5, 0.6) is 0 Å². The molecular weight excluding hydrogens is 402 g/mol. The molecule has 0 radical (unpaired) electrons. The van der Waals surface area contributed by atoms with Crippen molar-refractivity contribution in [3.05, 3.63) is 82.3 Å². The fourth-order valence-corrected chi connectivity index (χ4v) is 3.93. The van der Waals surface area contributed by atoms with Crippen molar-refractivity contribution < 1.29 is 9.59 Å². The Kier molecular flexibility index (Phi) is 7.45. The summed E-state index contributed by atoms with van der Waals surface area (Å²) in [6.45, 7) is 2.59. The highest BCUT2D eigenvalue weighted by Crippen LogP contribution is 2.33. The van der Waals surface area contributed by atoms with Crippen LogP contribution in [-0.2, 0) is 17.8 Å². The van der Waals surface area contributed by atoms with Gasteiger partial charge < -0.3 is 5.32 Å². The standard InChI is InChI=1S/C21H23N5O3S/c1-2-22-19(28)23-18(27)17(16-11-7-4-8-12-16)30-21-25-24-20(29)26(21)14-13-15-9-5-3-6-10-15/h3-12,17H,2,13-14H2,1H3,(H,24,29)(H2,22,23,27,28)/t17-/m1/s1. The van der Waals surface area contributed by atoms with Gasteiger partial charge in [-0.3, -0.25) is 14.7 Å². The fraction of sp³-hybridized carbons (Fsp3) is 0.238. The van der Waals surface area contributed by atoms with Gasteiger partial charge in [0, 0.05) is 13.1 Å². The predicted molar refractivity (Wildman–Crippen MR) is 115 cm³/mol. The SMILES string of the molecule is CCNC(=O)NC(=O)[C@H](Sc1n[nH]c(=O)n1CCc1ccccc1)c1ccccc1. The van der Waals surface area contributed by atoms with E-state index in [0.29, 0.717) is 30.2 Å². The highest BCUT2D eigenvalue weighted by atomic mass is 32.2. The minimum absolute atomic E-state index is 0.343. The molecule has 30 heavy (non-hydrogen) atoms. The Hall–Kier alpha value is -3.33. The molecule has 0 fully saturated rings. The van der Waals surface area contributed by atoms with Gasteiger partial charge >= 0.3 is 11.7 Å². The van der Waals surface area contributed by atoms with Gasteiger partial charge in [-0.05, 0) is 24.5 Å². The number of aromatic amines is 1. The van der Waals surface area contributed by atoms with Crippen LogP contribution in [0.15, 0.2) is 70.6 Å². The smallest absolute Gasteiger partial charge is 0.338 e. The Balaban J connectivity index is 1.81. The van der Waals surface area contributed by atoms with E-state index < -0.39 is 17.2 Å². The van der Waals surface area contributed by atoms with E-state index in [2.05, 4.69) is 20.8 Å². The molecule has 0 aliphatic rings. The van der Waals surface area contributed by atoms with Crippen molar-refractivity contribution in [3.8, 4) is 0 Å². The number of imide groups is 1. The second-order valence-corrected chi connectivity index (χ2v) is 7.53. The first kappa shape index (κ1) is 21.4. The third-order valence-corrected chi connectivity index (χ3v) is 5.57. The van der Waals surface area contributed by atoms with Crippen LogP contribution in [0.25, 0.3) is 0 Å². The Bertz CT molecular complexity index is 1030. The highest BCUT2D eigenvalue weighted by Gasteiger charge is 2.26. The summed E-state index contributed by atoms with van der Waals surface area (Å²) < 4.78 is 1.51. The summed E-state index contributed by atoms with van der Waals surface area (Å²) in [5, 5.41) is 11.1. The van der Waals surface area contributed by atoms with Crippen LogP contribution in [0.1, 0.15) is 23.3 Å². The Labute approximate surface area is 178 Å². The normalized spacial score (nSPS) is 11.6. The number of amides is 3. The van der Waals surface area contributed by atoms with Crippen LogP contribution in [-0.4, -0.2) is 33.2 Å². The lowest BCUT2D eigenvalue weighted by atomic mass is 10.1. The van der Waals surface area contributed by atoms with Crippen molar-refractivity contribution in [1.82, 2.24) is 25.4 Å². The molecule has 0 bridgehead atoms. The number of aromatic nitrogens is 3. The predicted octanol–water partition coefficient (Wildman–Crippen LogP) is 2.49. The van der Waals surface area contributed by atoms with Gasteiger partial charge in [0.2, 0.25) is 5.91 Å². The third-order valence-electron chi connectivity index (χ3n) is 4.33. The Morgan fingerprint density at radius 2 is 1.77 bits per heavy atom. The minimum atomic E-state index is -0.750. The number of hydrogen-bond donors (Lipinski definition) is 3. The first-order valence-corrected chi connectivity index (χ1v) is 10.5. The van der Waals surface area contributed by atoms with Gasteiger partial charge in [0.1, 0.15) is 5.25 Å². The van der Waals surface area contributed by atoms with E-state index in [0.717, 1.165) is 17.3 Å². The summed E-state index contributed by atoms with van der Waals surface area (Å²) in [5.74, 6) is -0.484. The summed E-state index contributed by atoms with van der Waals surface area (Å²) >= 11 is 1.12. The van der Waals surface area contributed by atoms with E-state index in [1.807, 2.05) is 48.5 Å².